The van der Waals surface area contributed by atoms with Crippen LogP contribution >= 0.6 is 7.82 Å². The van der Waals surface area contributed by atoms with Crippen LogP contribution < -0.4 is 5.73 Å². The lowest BCUT2D eigenvalue weighted by molar-refractivity contribution is -0.154. The Bertz CT molecular complexity index is 1330. The van der Waals surface area contributed by atoms with E-state index in [-0.39, 0.29) is 13.0 Å². The number of rotatable bonds is 43. The molecule has 0 aliphatic rings. The fourth-order valence-electron chi connectivity index (χ4n) is 5.75. The molecule has 3 unspecified atom stereocenters. The van der Waals surface area contributed by atoms with Gasteiger partial charge in [-0.25, -0.2) is 4.57 Å². The molecule has 0 aromatic rings. The van der Waals surface area contributed by atoms with Gasteiger partial charge in [0.2, 0.25) is 0 Å². The monoisotopic (exact) mass is 874 g/mol. The Morgan fingerprint density at radius 3 is 1.43 bits per heavy atom. The molecule has 0 rings (SSSR count). The van der Waals surface area contributed by atoms with Gasteiger partial charge in [0.05, 0.1) is 19.8 Å². The van der Waals surface area contributed by atoms with Crippen LogP contribution in [0.15, 0.2) is 97.2 Å². The average molecular weight is 874 g/mol. The molecule has 0 saturated heterocycles. The minimum Gasteiger partial charge on any atom is -0.480 e. The maximum atomic E-state index is 12.7. The predicted octanol–water partition coefficient (Wildman–Crippen LogP) is 13.3. The van der Waals surface area contributed by atoms with E-state index < -0.39 is 45.1 Å². The van der Waals surface area contributed by atoms with Gasteiger partial charge < -0.3 is 25.2 Å². The van der Waals surface area contributed by atoms with Gasteiger partial charge in [0.15, 0.2) is 0 Å². The zero-order chi connectivity index (χ0) is 44.8. The molecule has 0 spiro atoms. The third kappa shape index (κ3) is 44.7. The number of carbonyl (C=O) groups excluding carboxylic acids is 1. The van der Waals surface area contributed by atoms with Gasteiger partial charge in [-0.15, -0.1) is 0 Å². The van der Waals surface area contributed by atoms with Crippen LogP contribution in [0.1, 0.15) is 168 Å². The lowest BCUT2D eigenvalue weighted by Gasteiger charge is -2.20. The van der Waals surface area contributed by atoms with Gasteiger partial charge in [0.1, 0.15) is 12.1 Å². The number of carbonyl (C=O) groups is 2. The van der Waals surface area contributed by atoms with E-state index in [0.29, 0.717) is 13.0 Å². The van der Waals surface area contributed by atoms with E-state index in [0.717, 1.165) is 83.5 Å². The number of hydrogen-bond donors (Lipinski definition) is 3. The molecule has 0 heterocycles. The maximum Gasteiger partial charge on any atom is 0.472 e. The van der Waals surface area contributed by atoms with E-state index in [1.165, 1.54) is 57.8 Å². The molecule has 0 aromatic carbocycles. The molecule has 0 saturated carbocycles. The standard InChI is InChI=1S/C50H84NO9P/c1-3-5-7-9-11-13-15-17-19-21-23-24-25-26-28-30-32-34-36-38-40-42-49(52)60-47(45-58-61(55,56)59-46-48(51)50(53)54)44-57-43-41-39-37-35-33-31-29-27-22-20-18-16-14-12-10-8-6-4-2/h5,7,11-14,17-20,23-24,26,28,32,34,47-48H,3-4,6,8-10,15-16,21-22,25,27,29-31,33,35-46,51H2,1-2H3,(H,53,54)(H,55,56)/b7-5-,13-11-,14-12-,19-17-,20-18-,24-23-,28-26-,34-32-. The minimum absolute atomic E-state index is 0.0113. The molecule has 0 aliphatic carbocycles. The zero-order valence-electron chi connectivity index (χ0n) is 38.0. The van der Waals surface area contributed by atoms with Crippen LogP contribution in [-0.2, 0) is 32.7 Å². The van der Waals surface area contributed by atoms with Gasteiger partial charge in [-0.3, -0.25) is 18.6 Å². The smallest absolute Gasteiger partial charge is 0.472 e. The normalized spacial score (nSPS) is 14.7. The molecule has 0 aromatic heterocycles. The summed E-state index contributed by atoms with van der Waals surface area (Å²) in [5.74, 6) is -1.83. The van der Waals surface area contributed by atoms with Crippen LogP contribution in [0.5, 0.6) is 0 Å². The number of carboxylic acids is 1. The summed E-state index contributed by atoms with van der Waals surface area (Å²) in [7, 11) is -4.64. The topological polar surface area (TPSA) is 155 Å². The summed E-state index contributed by atoms with van der Waals surface area (Å²) in [6.07, 6.45) is 58.9. The number of aliphatic carboxylic acids is 1. The van der Waals surface area contributed by atoms with Crippen molar-refractivity contribution in [3.63, 3.8) is 0 Å². The molecule has 3 atom stereocenters. The van der Waals surface area contributed by atoms with Crippen LogP contribution in [-0.4, -0.2) is 60.5 Å². The molecular weight excluding hydrogens is 790 g/mol. The molecule has 348 valence electrons. The minimum atomic E-state index is -4.64. The van der Waals surface area contributed by atoms with E-state index in [1.807, 2.05) is 0 Å². The van der Waals surface area contributed by atoms with Crippen LogP contribution in [0, 0.1) is 0 Å². The number of phosphoric acid groups is 1. The summed E-state index contributed by atoms with van der Waals surface area (Å²) in [5, 5.41) is 8.91. The van der Waals surface area contributed by atoms with E-state index in [4.69, 9.17) is 29.4 Å². The molecule has 0 aliphatic heterocycles. The zero-order valence-corrected chi connectivity index (χ0v) is 38.9. The van der Waals surface area contributed by atoms with Crippen molar-refractivity contribution in [3.8, 4) is 0 Å². The molecule has 10 nitrogen and oxygen atoms in total. The Balaban J connectivity index is 4.33. The van der Waals surface area contributed by atoms with Gasteiger partial charge in [0.25, 0.3) is 0 Å². The second kappa shape index (κ2) is 44.9. The van der Waals surface area contributed by atoms with E-state index in [9.17, 15) is 19.0 Å². The maximum absolute atomic E-state index is 12.7. The van der Waals surface area contributed by atoms with Gasteiger partial charge in [0, 0.05) is 13.0 Å². The molecule has 0 amide bonds. The first-order chi connectivity index (χ1) is 29.7. The SMILES string of the molecule is CC/C=C\C/C=C\C/C=C\C/C=C\C/C=C\C/C=C\CCCCC(=O)OC(COCCCCCCCCCC/C=C\C/C=C\CCCCC)COP(=O)(O)OCC(N)C(=O)O. The van der Waals surface area contributed by atoms with E-state index >= 15 is 0 Å². The molecular formula is C50H84NO9P. The Kier molecular flexibility index (Phi) is 42.6. The van der Waals surface area contributed by atoms with Crippen molar-refractivity contribution in [1.82, 2.24) is 0 Å². The van der Waals surface area contributed by atoms with Crippen molar-refractivity contribution >= 4 is 19.8 Å². The van der Waals surface area contributed by atoms with Crippen LogP contribution in [0.25, 0.3) is 0 Å². The second-order valence-corrected chi connectivity index (χ2v) is 16.6. The fraction of sp³-hybridized carbons (Fsp3) is 0.640. The number of phosphoric ester groups is 1. The molecule has 0 bridgehead atoms. The third-order valence-electron chi connectivity index (χ3n) is 9.35. The number of carboxylic acid groups (broad SMARTS) is 1. The number of nitrogens with two attached hydrogens (primary N) is 1. The van der Waals surface area contributed by atoms with E-state index in [2.05, 4.69) is 111 Å². The third-order valence-corrected chi connectivity index (χ3v) is 10.3. The van der Waals surface area contributed by atoms with Crippen LogP contribution in [0.2, 0.25) is 0 Å². The number of unbranched alkanes of at least 4 members (excludes halogenated alkanes) is 13. The summed E-state index contributed by atoms with van der Waals surface area (Å²) in [6.45, 7) is 3.66. The average Bonchev–Trinajstić information content (AvgIpc) is 3.24. The summed E-state index contributed by atoms with van der Waals surface area (Å²) in [4.78, 5) is 33.6. The van der Waals surface area contributed by atoms with Gasteiger partial charge in [-0.1, -0.05) is 162 Å². The lowest BCUT2D eigenvalue weighted by Crippen LogP contribution is -2.34. The summed E-state index contributed by atoms with van der Waals surface area (Å²) < 4.78 is 33.4. The summed E-state index contributed by atoms with van der Waals surface area (Å²) >= 11 is 0. The van der Waals surface area contributed by atoms with Crippen molar-refractivity contribution in [2.75, 3.05) is 26.4 Å². The molecule has 0 fully saturated rings. The van der Waals surface area contributed by atoms with Gasteiger partial charge >= 0.3 is 19.8 Å². The fourth-order valence-corrected chi connectivity index (χ4v) is 6.53. The summed E-state index contributed by atoms with van der Waals surface area (Å²) in [5.41, 5.74) is 5.36. The molecule has 61 heavy (non-hydrogen) atoms. The highest BCUT2D eigenvalue weighted by molar-refractivity contribution is 7.47. The summed E-state index contributed by atoms with van der Waals surface area (Å²) in [6, 6.07) is -1.49. The molecule has 4 N–H and O–H groups in total. The Morgan fingerprint density at radius 1 is 0.541 bits per heavy atom. The Hall–Kier alpha value is -3.11. The first-order valence-electron chi connectivity index (χ1n) is 23.3. The second-order valence-electron chi connectivity index (χ2n) is 15.1. The molecule has 11 heteroatoms. The quantitative estimate of drug-likeness (QED) is 0.0233. The highest BCUT2D eigenvalue weighted by Crippen LogP contribution is 2.43. The van der Waals surface area contributed by atoms with Crippen molar-refractivity contribution in [1.29, 1.82) is 0 Å². The van der Waals surface area contributed by atoms with Crippen molar-refractivity contribution in [2.45, 2.75) is 180 Å². The largest absolute Gasteiger partial charge is 0.480 e. The first-order valence-corrected chi connectivity index (χ1v) is 24.8. The van der Waals surface area contributed by atoms with Gasteiger partial charge in [-0.05, 0) is 96.3 Å². The van der Waals surface area contributed by atoms with Crippen LogP contribution in [0.3, 0.4) is 0 Å². The van der Waals surface area contributed by atoms with Gasteiger partial charge in [-0.2, -0.15) is 0 Å². The number of hydrogen-bond acceptors (Lipinski definition) is 8. The number of ether oxygens (including phenoxy) is 2. The highest BCUT2D eigenvalue weighted by atomic mass is 31.2. The first kappa shape index (κ1) is 57.9. The Labute approximate surface area is 370 Å². The van der Waals surface area contributed by atoms with Crippen LogP contribution in [0.4, 0.5) is 0 Å². The lowest BCUT2D eigenvalue weighted by atomic mass is 10.1. The predicted molar refractivity (Wildman–Crippen MR) is 253 cm³/mol. The molecule has 0 radical (unpaired) electrons. The Morgan fingerprint density at radius 2 is 0.951 bits per heavy atom. The van der Waals surface area contributed by atoms with Crippen molar-refractivity contribution in [3.05, 3.63) is 97.2 Å². The van der Waals surface area contributed by atoms with Crippen molar-refractivity contribution in [2.24, 2.45) is 5.73 Å². The number of esters is 1. The van der Waals surface area contributed by atoms with E-state index in [1.54, 1.807) is 0 Å². The number of allylic oxidation sites excluding steroid dienone is 16. The highest BCUT2D eigenvalue weighted by Gasteiger charge is 2.27. The van der Waals surface area contributed by atoms with Crippen molar-refractivity contribution < 1.29 is 42.7 Å².